The summed E-state index contributed by atoms with van der Waals surface area (Å²) in [5.74, 6) is -6.75. The van der Waals surface area contributed by atoms with Crippen molar-refractivity contribution in [3.63, 3.8) is 0 Å². The highest BCUT2D eigenvalue weighted by molar-refractivity contribution is 7.80. The van der Waals surface area contributed by atoms with E-state index < -0.39 is 85.7 Å². The molecule has 0 radical (unpaired) electrons. The van der Waals surface area contributed by atoms with Gasteiger partial charge < -0.3 is 72.9 Å². The van der Waals surface area contributed by atoms with Gasteiger partial charge in [-0.3, -0.25) is 48.1 Å². The summed E-state index contributed by atoms with van der Waals surface area (Å²) < 4.78 is 22.6. The summed E-state index contributed by atoms with van der Waals surface area (Å²) in [5, 5.41) is 30.0. The number of ether oxygens (including phenoxy) is 4. The smallest absolute Gasteiger partial charge is 0.305 e. The maximum absolute atomic E-state index is 13.6. The lowest BCUT2D eigenvalue weighted by atomic mass is 9.79. The number of carboxylic acids is 1. The van der Waals surface area contributed by atoms with Crippen molar-refractivity contribution >= 4 is 71.6 Å². The molecule has 0 aromatic heterocycles. The summed E-state index contributed by atoms with van der Waals surface area (Å²) >= 11 is 4.26. The van der Waals surface area contributed by atoms with E-state index in [2.05, 4.69) is 38.9 Å². The number of amides is 6. The lowest BCUT2D eigenvalue weighted by Gasteiger charge is -2.23. The predicted octanol–water partition coefficient (Wildman–Crippen LogP) is 0.868. The van der Waals surface area contributed by atoms with Crippen molar-refractivity contribution in [3.05, 3.63) is 34.4 Å². The van der Waals surface area contributed by atoms with Gasteiger partial charge in [-0.1, -0.05) is 69.4 Å². The quantitative estimate of drug-likeness (QED) is 0.0101. The van der Waals surface area contributed by atoms with Crippen LogP contribution in [0.4, 0.5) is 0 Å². The number of aliphatic hydroxyl groups excluding tert-OH is 1. The largest absolute Gasteiger partial charge is 0.481 e. The number of guanidine groups is 1. The number of nitrogens with two attached hydrogens (primary N) is 3. The molecule has 0 spiro atoms. The Bertz CT molecular complexity index is 2130. The Morgan fingerprint density at radius 3 is 1.73 bits per heavy atom. The molecule has 5 atom stereocenters. The van der Waals surface area contributed by atoms with Crippen LogP contribution in [-0.4, -0.2) is 172 Å². The molecule has 6 amide bonds. The molecule has 13 N–H and O–H groups in total. The first-order chi connectivity index (χ1) is 38.1. The average molecular weight is 1130 g/mol. The molecular weight excluding hydrogens is 1050 g/mol. The Hall–Kier alpha value is -5.73. The number of nitrogens with zero attached hydrogens (tertiary/aromatic N) is 1. The summed E-state index contributed by atoms with van der Waals surface area (Å²) in [7, 11) is 0. The van der Waals surface area contributed by atoms with Crippen molar-refractivity contribution in [3.8, 4) is 0 Å². The fraction of sp³-hybridized carbons (Fsp3) is 0.704. The van der Waals surface area contributed by atoms with Crippen LogP contribution in [0.3, 0.4) is 0 Å². The second kappa shape index (κ2) is 39.6. The predicted molar refractivity (Wildman–Crippen MR) is 296 cm³/mol. The molecule has 0 aromatic carbocycles. The summed E-state index contributed by atoms with van der Waals surface area (Å²) in [6, 6.07) is -4.52. The molecule has 0 aliphatic heterocycles. The summed E-state index contributed by atoms with van der Waals surface area (Å²) in [6.45, 7) is 2.46. The minimum Gasteiger partial charge on any atom is -0.481 e. The van der Waals surface area contributed by atoms with Gasteiger partial charge in [-0.05, 0) is 69.6 Å². The maximum Gasteiger partial charge on any atom is 0.305 e. The lowest BCUT2D eigenvalue weighted by Crippen LogP contribution is -2.56. The molecule has 0 saturated heterocycles. The van der Waals surface area contributed by atoms with Gasteiger partial charge in [0.25, 0.3) is 0 Å². The maximum atomic E-state index is 13.6. The van der Waals surface area contributed by atoms with Gasteiger partial charge in [-0.2, -0.15) is 12.6 Å². The molecular formula is C54H87N9O15S. The molecule has 24 nitrogen and oxygen atoms in total. The fourth-order valence-corrected chi connectivity index (χ4v) is 9.61. The molecule has 25 heteroatoms. The highest BCUT2D eigenvalue weighted by Gasteiger charge is 2.47. The molecule has 0 fully saturated rings. The Balaban J connectivity index is 1.28. The SMILES string of the molecule is NC(=O)[C@H](CO)NC(=O)[C@H](CC(=O)O)NC(=O)CNC(=O)[C@H](CCCN=C(N)N)NC(=O)CNC(=O)CCC1=CC2CC1C1=C2C(=O)C(CCCCCCOCCOCCOCCOCCCCCCCCCCCS)=CC1=O. The second-order valence-corrected chi connectivity index (χ2v) is 20.2. The van der Waals surface area contributed by atoms with Crippen LogP contribution in [0, 0.1) is 11.8 Å². The summed E-state index contributed by atoms with van der Waals surface area (Å²) in [4.78, 5) is 118. The number of thiol groups is 1. The number of hydrogen-bond acceptors (Lipinski definition) is 16. The number of ketones is 2. The number of carbonyl (C=O) groups excluding carboxylic acids is 8. The molecule has 2 unspecified atom stereocenters. The van der Waals surface area contributed by atoms with E-state index in [1.807, 2.05) is 11.4 Å². The number of aliphatic hydroxyl groups is 1. The number of carbonyl (C=O) groups is 9. The van der Waals surface area contributed by atoms with E-state index in [9.17, 15) is 53.4 Å². The molecule has 3 aliphatic carbocycles. The van der Waals surface area contributed by atoms with E-state index in [-0.39, 0.29) is 55.2 Å². The average Bonchev–Trinajstić information content (AvgIpc) is 4.11. The highest BCUT2D eigenvalue weighted by Crippen LogP contribution is 2.52. The fourth-order valence-electron chi connectivity index (χ4n) is 9.38. The topological polar surface area (TPSA) is 382 Å². The minimum atomic E-state index is -1.72. The van der Waals surface area contributed by atoms with Crippen molar-refractivity contribution < 1.29 is 72.3 Å². The first-order valence-corrected chi connectivity index (χ1v) is 28.5. The van der Waals surface area contributed by atoms with E-state index >= 15 is 0 Å². The van der Waals surface area contributed by atoms with E-state index in [4.69, 9.17) is 36.1 Å². The van der Waals surface area contributed by atoms with E-state index in [0.29, 0.717) is 82.2 Å². The molecule has 3 aliphatic rings. The van der Waals surface area contributed by atoms with Crippen molar-refractivity contribution in [1.82, 2.24) is 26.6 Å². The number of rotatable bonds is 47. The normalized spacial score (nSPS) is 16.5. The standard InChI is InChI=1S/C54H87N9O15S/c55-51(72)42(35-64)63-53(74)41(32-47(69)70)62-46(68)34-60-52(73)40(16-14-19-58-54(56)57)61-45(67)33-59-44(66)18-17-36-29-38-30-39(36)49-43(65)31-37(50(71)48(38)49)15-10-6-8-12-21-76-23-25-78-27-26-77-24-22-75-20-11-7-4-2-1-3-5-9-13-28-79/h29,31,38-42,64,79H,1-28,30,32-35H2,(H2,55,72)(H,59,66)(H,60,73)(H,61,67)(H,62,68)(H,63,74)(H,69,70)(H4,56,57,58)/t38?,39?,40-,41-,42-/m0/s1. The molecule has 0 saturated carbocycles. The zero-order chi connectivity index (χ0) is 57.8. The van der Waals surface area contributed by atoms with E-state index in [1.165, 1.54) is 57.4 Å². The first kappa shape index (κ1) is 67.5. The Morgan fingerprint density at radius 1 is 0.633 bits per heavy atom. The van der Waals surface area contributed by atoms with Crippen molar-refractivity contribution in [2.45, 2.75) is 147 Å². The van der Waals surface area contributed by atoms with Gasteiger partial charge in [-0.15, -0.1) is 0 Å². The van der Waals surface area contributed by atoms with Gasteiger partial charge in [0.05, 0.1) is 65.8 Å². The van der Waals surface area contributed by atoms with E-state index in [0.717, 1.165) is 50.0 Å². The second-order valence-electron chi connectivity index (χ2n) is 19.8. The Kier molecular flexibility index (Phi) is 33.9. The zero-order valence-electron chi connectivity index (χ0n) is 45.7. The van der Waals surface area contributed by atoms with Crippen LogP contribution in [0.5, 0.6) is 0 Å². The number of hydrogen-bond donors (Lipinski definition) is 11. The van der Waals surface area contributed by atoms with Crippen molar-refractivity contribution in [2.75, 3.05) is 84.8 Å². The molecule has 79 heavy (non-hydrogen) atoms. The van der Waals surface area contributed by atoms with Crippen LogP contribution in [0.15, 0.2) is 39.4 Å². The number of unbranched alkanes of at least 4 members (excludes halogenated alkanes) is 11. The van der Waals surface area contributed by atoms with Gasteiger partial charge >= 0.3 is 5.97 Å². The number of fused-ring (bicyclic) bond motifs is 4. The number of aliphatic carboxylic acids is 1. The number of carboxylic acid groups (broad SMARTS) is 1. The summed E-state index contributed by atoms with van der Waals surface area (Å²) in [5.41, 5.74) is 18.3. The van der Waals surface area contributed by atoms with Crippen LogP contribution in [0.1, 0.15) is 128 Å². The van der Waals surface area contributed by atoms with Crippen molar-refractivity contribution in [2.24, 2.45) is 34.0 Å². The number of allylic oxidation sites excluding steroid dienone is 6. The Labute approximate surface area is 468 Å². The Morgan fingerprint density at radius 2 is 1.18 bits per heavy atom. The van der Waals surface area contributed by atoms with Gasteiger partial charge in [0.2, 0.25) is 35.4 Å². The third-order valence-corrected chi connectivity index (χ3v) is 13.8. The van der Waals surface area contributed by atoms with Crippen LogP contribution >= 0.6 is 12.6 Å². The highest BCUT2D eigenvalue weighted by atomic mass is 32.1. The first-order valence-electron chi connectivity index (χ1n) is 27.8. The van der Waals surface area contributed by atoms with Crippen LogP contribution in [-0.2, 0) is 62.1 Å². The molecule has 3 rings (SSSR count). The summed E-state index contributed by atoms with van der Waals surface area (Å²) in [6.07, 6.45) is 18.9. The molecule has 0 heterocycles. The van der Waals surface area contributed by atoms with Crippen LogP contribution < -0.4 is 43.8 Å². The van der Waals surface area contributed by atoms with Crippen LogP contribution in [0.25, 0.3) is 0 Å². The number of nitrogens with one attached hydrogen (secondary N) is 5. The monoisotopic (exact) mass is 1130 g/mol. The lowest BCUT2D eigenvalue weighted by molar-refractivity contribution is -0.141. The van der Waals surface area contributed by atoms with Gasteiger partial charge in [0.1, 0.15) is 18.1 Å². The molecule has 444 valence electrons. The van der Waals surface area contributed by atoms with Gasteiger partial charge in [-0.25, -0.2) is 0 Å². The molecule has 2 bridgehead atoms. The van der Waals surface area contributed by atoms with E-state index in [1.54, 1.807) is 0 Å². The third kappa shape index (κ3) is 27.3. The van der Waals surface area contributed by atoms with Gasteiger partial charge in [0, 0.05) is 54.7 Å². The number of primary amides is 1. The third-order valence-electron chi connectivity index (χ3n) is 13.5. The number of Topliss-reactive ketones (excluding diaryl/α,β-unsaturated/α-hetero) is 1. The number of aliphatic imine (C=N–C) groups is 1. The van der Waals surface area contributed by atoms with Crippen LogP contribution in [0.2, 0.25) is 0 Å². The molecule has 0 aromatic rings. The van der Waals surface area contributed by atoms with Crippen molar-refractivity contribution in [1.29, 1.82) is 0 Å². The minimum absolute atomic E-state index is 0.0147. The zero-order valence-corrected chi connectivity index (χ0v) is 46.6. The van der Waals surface area contributed by atoms with Gasteiger partial charge in [0.15, 0.2) is 17.5 Å².